The summed E-state index contributed by atoms with van der Waals surface area (Å²) in [5.41, 5.74) is 5.28. The zero-order valence-corrected chi connectivity index (χ0v) is 7.95. The molecular weight excluding hydrogens is 192 g/mol. The van der Waals surface area contributed by atoms with E-state index in [1.807, 2.05) is 0 Å². The molecule has 0 saturated heterocycles. The van der Waals surface area contributed by atoms with Crippen molar-refractivity contribution < 1.29 is 9.53 Å². The van der Waals surface area contributed by atoms with E-state index < -0.39 is 12.0 Å². The van der Waals surface area contributed by atoms with Crippen LogP contribution < -0.4 is 10.5 Å². The minimum absolute atomic E-state index is 0. The van der Waals surface area contributed by atoms with Gasteiger partial charge in [0.25, 0.3) is 0 Å². The molecule has 0 saturated carbocycles. The summed E-state index contributed by atoms with van der Waals surface area (Å²) in [5, 5.41) is 0. The summed E-state index contributed by atoms with van der Waals surface area (Å²) < 4.78 is 4.80. The summed E-state index contributed by atoms with van der Waals surface area (Å²) in [6.45, 7) is 1.56. The van der Waals surface area contributed by atoms with Crippen LogP contribution >= 0.6 is 12.4 Å². The number of nitrogens with two attached hydrogens (primary N) is 1. The molecule has 5 heteroatoms. The summed E-state index contributed by atoms with van der Waals surface area (Å²) >= 11 is 0. The number of pyridine rings is 1. The molecule has 0 fully saturated rings. The van der Waals surface area contributed by atoms with Crippen LogP contribution in [-0.4, -0.2) is 17.0 Å². The number of carbonyl (C=O) groups is 1. The van der Waals surface area contributed by atoms with E-state index in [9.17, 15) is 4.79 Å². The van der Waals surface area contributed by atoms with Crippen molar-refractivity contribution in [2.75, 3.05) is 0 Å². The molecule has 0 amide bonds. The van der Waals surface area contributed by atoms with E-state index in [2.05, 4.69) is 4.98 Å². The Balaban J connectivity index is 0.00000144. The lowest BCUT2D eigenvalue weighted by Crippen LogP contribution is -2.31. The number of carbonyl (C=O) groups excluding carboxylic acids is 1. The van der Waals surface area contributed by atoms with Crippen molar-refractivity contribution in [3.8, 4) is 5.88 Å². The third-order valence-electron chi connectivity index (χ3n) is 1.21. The van der Waals surface area contributed by atoms with E-state index in [-0.39, 0.29) is 18.3 Å². The predicted octanol–water partition coefficient (Wildman–Crippen LogP) is 0.756. The van der Waals surface area contributed by atoms with Crippen LogP contribution in [0.4, 0.5) is 0 Å². The number of aromatic nitrogens is 1. The second-order valence-electron chi connectivity index (χ2n) is 2.38. The minimum atomic E-state index is -0.619. The molecule has 1 atom stereocenters. The average Bonchev–Trinajstić information content (AvgIpc) is 2.06. The maximum atomic E-state index is 10.9. The number of ether oxygens (including phenoxy) is 1. The second kappa shape index (κ2) is 5.50. The van der Waals surface area contributed by atoms with E-state index in [1.165, 1.54) is 0 Å². The van der Waals surface area contributed by atoms with Gasteiger partial charge in [0.2, 0.25) is 5.88 Å². The molecule has 1 aromatic heterocycles. The Morgan fingerprint density at radius 3 is 2.77 bits per heavy atom. The van der Waals surface area contributed by atoms with E-state index >= 15 is 0 Å². The lowest BCUT2D eigenvalue weighted by Gasteiger charge is -2.04. The van der Waals surface area contributed by atoms with Gasteiger partial charge in [0.1, 0.15) is 6.04 Å². The van der Waals surface area contributed by atoms with Gasteiger partial charge >= 0.3 is 5.97 Å². The highest BCUT2D eigenvalue weighted by molar-refractivity contribution is 5.85. The van der Waals surface area contributed by atoms with Crippen LogP contribution in [0.2, 0.25) is 0 Å². The number of hydrogen-bond acceptors (Lipinski definition) is 4. The van der Waals surface area contributed by atoms with Crippen molar-refractivity contribution in [1.29, 1.82) is 0 Å². The van der Waals surface area contributed by atoms with E-state index in [4.69, 9.17) is 10.5 Å². The molecule has 0 radical (unpaired) electrons. The molecule has 1 unspecified atom stereocenters. The van der Waals surface area contributed by atoms with Crippen LogP contribution in [-0.2, 0) is 4.79 Å². The zero-order chi connectivity index (χ0) is 8.97. The molecule has 1 heterocycles. The van der Waals surface area contributed by atoms with Crippen LogP contribution in [0.15, 0.2) is 24.4 Å². The Morgan fingerprint density at radius 1 is 1.62 bits per heavy atom. The highest BCUT2D eigenvalue weighted by Crippen LogP contribution is 2.03. The number of hydrogen-bond donors (Lipinski definition) is 1. The summed E-state index contributed by atoms with van der Waals surface area (Å²) in [5.74, 6) is -0.200. The highest BCUT2D eigenvalue weighted by atomic mass is 35.5. The Bertz CT molecular complexity index is 264. The quantitative estimate of drug-likeness (QED) is 0.719. The first-order chi connectivity index (χ1) is 5.70. The normalized spacial score (nSPS) is 11.2. The van der Waals surface area contributed by atoms with Gasteiger partial charge in [-0.25, -0.2) is 9.78 Å². The molecule has 0 aromatic carbocycles. The first-order valence-corrected chi connectivity index (χ1v) is 3.58. The number of esters is 1. The van der Waals surface area contributed by atoms with Crippen molar-refractivity contribution in [1.82, 2.24) is 4.98 Å². The predicted molar refractivity (Wildman–Crippen MR) is 50.8 cm³/mol. The molecule has 1 rings (SSSR count). The lowest BCUT2D eigenvalue weighted by molar-refractivity contribution is -0.135. The summed E-state index contributed by atoms with van der Waals surface area (Å²) in [6.07, 6.45) is 1.55. The summed E-state index contributed by atoms with van der Waals surface area (Å²) in [7, 11) is 0. The fraction of sp³-hybridized carbons (Fsp3) is 0.250. The third kappa shape index (κ3) is 3.87. The van der Waals surface area contributed by atoms with Crippen molar-refractivity contribution in [2.45, 2.75) is 13.0 Å². The largest absolute Gasteiger partial charge is 0.406 e. The lowest BCUT2D eigenvalue weighted by atomic mass is 10.4. The maximum Gasteiger partial charge on any atom is 0.329 e. The minimum Gasteiger partial charge on any atom is -0.406 e. The Morgan fingerprint density at radius 2 is 2.31 bits per heavy atom. The summed E-state index contributed by atoms with van der Waals surface area (Å²) in [6, 6.07) is 4.45. The van der Waals surface area contributed by atoms with Crippen LogP contribution in [0, 0.1) is 0 Å². The molecule has 72 valence electrons. The molecule has 2 N–H and O–H groups in total. The van der Waals surface area contributed by atoms with E-state index in [0.717, 1.165) is 0 Å². The fourth-order valence-electron chi connectivity index (χ4n) is 0.603. The monoisotopic (exact) mass is 202 g/mol. The van der Waals surface area contributed by atoms with Gasteiger partial charge in [0.05, 0.1) is 0 Å². The van der Waals surface area contributed by atoms with Crippen LogP contribution in [0.1, 0.15) is 6.92 Å². The molecule has 0 aliphatic heterocycles. The second-order valence-corrected chi connectivity index (χ2v) is 2.38. The summed E-state index contributed by atoms with van der Waals surface area (Å²) in [4.78, 5) is 14.7. The molecular formula is C8H11ClN2O2. The van der Waals surface area contributed by atoms with Gasteiger partial charge in [-0.15, -0.1) is 12.4 Å². The van der Waals surface area contributed by atoms with Crippen molar-refractivity contribution in [2.24, 2.45) is 5.73 Å². The van der Waals surface area contributed by atoms with Crippen LogP contribution in [0.25, 0.3) is 0 Å². The number of nitrogens with zero attached hydrogens (tertiary/aromatic N) is 1. The van der Waals surface area contributed by atoms with Gasteiger partial charge in [0, 0.05) is 12.3 Å². The van der Waals surface area contributed by atoms with Gasteiger partial charge in [-0.3, -0.25) is 0 Å². The van der Waals surface area contributed by atoms with Gasteiger partial charge < -0.3 is 10.5 Å². The SMILES string of the molecule is CC(N)C(=O)Oc1ccccn1.Cl. The molecule has 0 bridgehead atoms. The Kier molecular flexibility index (Phi) is 5.03. The topological polar surface area (TPSA) is 65.2 Å². The Hall–Kier alpha value is -1.13. The average molecular weight is 203 g/mol. The Labute approximate surface area is 82.5 Å². The van der Waals surface area contributed by atoms with Gasteiger partial charge in [-0.05, 0) is 13.0 Å². The standard InChI is InChI=1S/C8H10N2O2.ClH/c1-6(9)8(11)12-7-4-2-3-5-10-7;/h2-6H,9H2,1H3;1H. The van der Waals surface area contributed by atoms with Gasteiger partial charge in [-0.1, -0.05) is 6.07 Å². The maximum absolute atomic E-state index is 10.9. The number of halogens is 1. The molecule has 4 nitrogen and oxygen atoms in total. The van der Waals surface area contributed by atoms with Crippen LogP contribution in [0.5, 0.6) is 5.88 Å². The molecule has 0 spiro atoms. The highest BCUT2D eigenvalue weighted by Gasteiger charge is 2.09. The third-order valence-corrected chi connectivity index (χ3v) is 1.21. The molecule has 0 aliphatic rings. The molecule has 1 aromatic rings. The first kappa shape index (κ1) is 11.9. The first-order valence-electron chi connectivity index (χ1n) is 3.58. The van der Waals surface area contributed by atoms with E-state index in [1.54, 1.807) is 31.3 Å². The fourth-order valence-corrected chi connectivity index (χ4v) is 0.603. The van der Waals surface area contributed by atoms with Crippen LogP contribution in [0.3, 0.4) is 0 Å². The molecule has 0 aliphatic carbocycles. The van der Waals surface area contributed by atoms with Gasteiger partial charge in [0.15, 0.2) is 0 Å². The van der Waals surface area contributed by atoms with E-state index in [0.29, 0.717) is 0 Å². The smallest absolute Gasteiger partial charge is 0.329 e. The molecule has 13 heavy (non-hydrogen) atoms. The van der Waals surface area contributed by atoms with Gasteiger partial charge in [-0.2, -0.15) is 0 Å². The number of rotatable bonds is 2. The van der Waals surface area contributed by atoms with Crippen molar-refractivity contribution >= 4 is 18.4 Å². The zero-order valence-electron chi connectivity index (χ0n) is 7.14. The van der Waals surface area contributed by atoms with Crippen molar-refractivity contribution in [3.63, 3.8) is 0 Å². The van der Waals surface area contributed by atoms with Crippen molar-refractivity contribution in [3.05, 3.63) is 24.4 Å².